The van der Waals surface area contributed by atoms with E-state index in [1.165, 1.54) is 111 Å². The van der Waals surface area contributed by atoms with Crippen molar-refractivity contribution in [1.29, 1.82) is 0 Å². The molecule has 5 aliphatic rings. The van der Waals surface area contributed by atoms with Crippen LogP contribution in [-0.4, -0.2) is 143 Å². The molecular formula is C40H78N6. The molecule has 6 nitrogen and oxygen atoms in total. The van der Waals surface area contributed by atoms with Crippen LogP contribution in [0.3, 0.4) is 0 Å². The van der Waals surface area contributed by atoms with Gasteiger partial charge in [0.1, 0.15) is 0 Å². The summed E-state index contributed by atoms with van der Waals surface area (Å²) in [6, 6.07) is 2.98. The molecule has 1 spiro atoms. The molecule has 0 amide bonds. The maximum atomic E-state index is 2.86. The van der Waals surface area contributed by atoms with Crippen LogP contribution < -0.4 is 0 Å². The number of likely N-dealkylation sites (tertiary alicyclic amines) is 4. The second kappa shape index (κ2) is 13.5. The quantitative estimate of drug-likeness (QED) is 0.280. The molecular weight excluding hydrogens is 564 g/mol. The fourth-order valence-electron chi connectivity index (χ4n) is 10.2. The first kappa shape index (κ1) is 37.0. The van der Waals surface area contributed by atoms with E-state index in [2.05, 4.69) is 119 Å². The number of nitrogens with zero attached hydrogens (tertiary/aromatic N) is 6. The number of rotatable bonds is 9. The SMILES string of the molecule is C[C@@H]1CC(N2CCN(C(C)(C)CCC(C)(C)N3CC4(CN(C5CCN(CC(C)(C)C)[C@@H](C)C5)C4)C3)CC2)[C@@H](C)CN1CC(C)(C)C. The van der Waals surface area contributed by atoms with Crippen LogP contribution in [0, 0.1) is 22.2 Å². The number of piperazine rings is 1. The van der Waals surface area contributed by atoms with Gasteiger partial charge in [-0.2, -0.15) is 0 Å². The Bertz CT molecular complexity index is 986. The lowest BCUT2D eigenvalue weighted by molar-refractivity contribution is -0.167. The number of hydrogen-bond donors (Lipinski definition) is 0. The van der Waals surface area contributed by atoms with Gasteiger partial charge in [-0.1, -0.05) is 48.5 Å². The van der Waals surface area contributed by atoms with E-state index in [0.29, 0.717) is 27.8 Å². The minimum Gasteiger partial charge on any atom is -0.300 e. The molecule has 5 atom stereocenters. The van der Waals surface area contributed by atoms with Crippen molar-refractivity contribution in [2.45, 2.75) is 157 Å². The van der Waals surface area contributed by atoms with Crippen molar-refractivity contribution in [1.82, 2.24) is 29.4 Å². The van der Waals surface area contributed by atoms with Crippen molar-refractivity contribution in [3.05, 3.63) is 0 Å². The summed E-state index contributed by atoms with van der Waals surface area (Å²) in [5, 5.41) is 0. The zero-order valence-electron chi connectivity index (χ0n) is 33.1. The van der Waals surface area contributed by atoms with Gasteiger partial charge in [-0.25, -0.2) is 0 Å². The highest BCUT2D eigenvalue weighted by atomic mass is 15.4. The summed E-state index contributed by atoms with van der Waals surface area (Å²) in [7, 11) is 0. The summed E-state index contributed by atoms with van der Waals surface area (Å²) in [6.07, 6.45) is 6.65. The summed E-state index contributed by atoms with van der Waals surface area (Å²) in [5.74, 6) is 0.761. The highest BCUT2D eigenvalue weighted by Gasteiger charge is 2.56. The predicted molar refractivity (Wildman–Crippen MR) is 198 cm³/mol. The first-order valence-electron chi connectivity index (χ1n) is 19.6. The molecule has 0 aromatic carbocycles. The Morgan fingerprint density at radius 1 is 0.565 bits per heavy atom. The molecule has 46 heavy (non-hydrogen) atoms. The molecule has 0 aromatic rings. The van der Waals surface area contributed by atoms with Crippen molar-refractivity contribution in [3.63, 3.8) is 0 Å². The van der Waals surface area contributed by atoms with Crippen molar-refractivity contribution in [2.75, 3.05) is 78.5 Å². The lowest BCUT2D eigenvalue weighted by atomic mass is 9.69. The molecule has 5 saturated heterocycles. The Balaban J connectivity index is 1.02. The van der Waals surface area contributed by atoms with Crippen LogP contribution in [0.5, 0.6) is 0 Å². The number of hydrogen-bond acceptors (Lipinski definition) is 6. The van der Waals surface area contributed by atoms with E-state index in [4.69, 9.17) is 0 Å². The van der Waals surface area contributed by atoms with Crippen LogP contribution in [0.25, 0.3) is 0 Å². The van der Waals surface area contributed by atoms with Gasteiger partial charge in [-0.05, 0) is 96.9 Å². The Morgan fingerprint density at radius 3 is 1.63 bits per heavy atom. The van der Waals surface area contributed by atoms with E-state index < -0.39 is 0 Å². The van der Waals surface area contributed by atoms with Crippen molar-refractivity contribution in [3.8, 4) is 0 Å². The molecule has 5 aliphatic heterocycles. The summed E-state index contributed by atoms with van der Waals surface area (Å²) in [4.78, 5) is 16.9. The van der Waals surface area contributed by atoms with Crippen LogP contribution in [0.15, 0.2) is 0 Å². The van der Waals surface area contributed by atoms with Gasteiger partial charge in [0.05, 0.1) is 0 Å². The highest BCUT2D eigenvalue weighted by molar-refractivity contribution is 5.11. The maximum absolute atomic E-state index is 2.86. The van der Waals surface area contributed by atoms with Crippen LogP contribution in [0.1, 0.15) is 122 Å². The monoisotopic (exact) mass is 643 g/mol. The largest absolute Gasteiger partial charge is 0.300 e. The second-order valence-corrected chi connectivity index (χ2v) is 21.1. The van der Waals surface area contributed by atoms with Crippen molar-refractivity contribution < 1.29 is 0 Å². The van der Waals surface area contributed by atoms with Gasteiger partial charge in [0, 0.05) is 113 Å². The molecule has 6 heteroatoms. The fourth-order valence-corrected chi connectivity index (χ4v) is 10.2. The van der Waals surface area contributed by atoms with Crippen molar-refractivity contribution >= 4 is 0 Å². The van der Waals surface area contributed by atoms with Gasteiger partial charge in [0.25, 0.3) is 0 Å². The summed E-state index contributed by atoms with van der Waals surface area (Å²) in [6.45, 7) is 47.2. The molecule has 5 rings (SSSR count). The summed E-state index contributed by atoms with van der Waals surface area (Å²) >= 11 is 0. The van der Waals surface area contributed by atoms with Gasteiger partial charge in [-0.15, -0.1) is 0 Å². The van der Waals surface area contributed by atoms with E-state index in [9.17, 15) is 0 Å². The van der Waals surface area contributed by atoms with Gasteiger partial charge in [-0.3, -0.25) is 24.5 Å². The Morgan fingerprint density at radius 2 is 1.09 bits per heavy atom. The summed E-state index contributed by atoms with van der Waals surface area (Å²) in [5.41, 5.74) is 1.93. The van der Waals surface area contributed by atoms with E-state index in [1.54, 1.807) is 0 Å². The molecule has 268 valence electrons. The first-order valence-corrected chi connectivity index (χ1v) is 19.6. The van der Waals surface area contributed by atoms with Gasteiger partial charge < -0.3 is 4.90 Å². The van der Waals surface area contributed by atoms with Crippen LogP contribution >= 0.6 is 0 Å². The van der Waals surface area contributed by atoms with Crippen LogP contribution in [-0.2, 0) is 0 Å². The van der Waals surface area contributed by atoms with Gasteiger partial charge in [0.15, 0.2) is 0 Å². The van der Waals surface area contributed by atoms with E-state index in [-0.39, 0.29) is 5.54 Å². The maximum Gasteiger partial charge on any atom is 0.0212 e. The Hall–Kier alpha value is -0.240. The smallest absolute Gasteiger partial charge is 0.0212 e. The third-order valence-corrected chi connectivity index (χ3v) is 13.2. The van der Waals surface area contributed by atoms with E-state index in [1.807, 2.05) is 0 Å². The normalized spacial score (nSPS) is 33.7. The molecule has 2 unspecified atom stereocenters. The third kappa shape index (κ3) is 8.73. The first-order chi connectivity index (χ1) is 21.2. The molecule has 0 saturated carbocycles. The van der Waals surface area contributed by atoms with Crippen molar-refractivity contribution in [2.24, 2.45) is 22.2 Å². The molecule has 0 bridgehead atoms. The molecule has 0 aromatic heterocycles. The molecule has 0 aliphatic carbocycles. The van der Waals surface area contributed by atoms with E-state index >= 15 is 0 Å². The summed E-state index contributed by atoms with van der Waals surface area (Å²) < 4.78 is 0. The second-order valence-electron chi connectivity index (χ2n) is 21.1. The average Bonchev–Trinajstić information content (AvgIpc) is 2.88. The minimum atomic E-state index is 0.271. The van der Waals surface area contributed by atoms with E-state index in [0.717, 1.165) is 24.0 Å². The number of piperidine rings is 2. The fraction of sp³-hybridized carbons (Fsp3) is 1.00. The van der Waals surface area contributed by atoms with Gasteiger partial charge in [0.2, 0.25) is 0 Å². The molecule has 5 heterocycles. The highest BCUT2D eigenvalue weighted by Crippen LogP contribution is 2.46. The molecule has 5 fully saturated rings. The average molecular weight is 643 g/mol. The van der Waals surface area contributed by atoms with Crippen LogP contribution in [0.2, 0.25) is 0 Å². The Kier molecular flexibility index (Phi) is 10.8. The van der Waals surface area contributed by atoms with Crippen LogP contribution in [0.4, 0.5) is 0 Å². The third-order valence-electron chi connectivity index (χ3n) is 13.2. The molecule has 0 N–H and O–H groups in total. The topological polar surface area (TPSA) is 19.4 Å². The van der Waals surface area contributed by atoms with Gasteiger partial charge >= 0.3 is 0 Å². The standard InChI is InChI=1S/C40H78N6/c1-31-24-43(26-37(7,8)9)33(3)23-35(31)41-18-20-45(21-19-41)38(10,11)15-16-39(12,13)46-29-40(30-46)27-44(28-40)34-14-17-42(32(2)22-34)25-36(4,5)6/h31-35H,14-30H2,1-13H3/t31-,32-,33+,34?,35?/m0/s1. The predicted octanol–water partition coefficient (Wildman–Crippen LogP) is 6.60. The zero-order chi connectivity index (χ0) is 33.9. The minimum absolute atomic E-state index is 0.271. The zero-order valence-corrected chi connectivity index (χ0v) is 33.1. The lowest BCUT2D eigenvalue weighted by Crippen LogP contribution is -2.76. The molecule has 0 radical (unpaired) electrons. The lowest BCUT2D eigenvalue weighted by Gasteiger charge is -2.66. The Labute approximate surface area is 287 Å².